The molecule has 0 aliphatic rings. The minimum absolute atomic E-state index is 0.598. The Labute approximate surface area is 130 Å². The molecular weight excluding hydrogens is 365 g/mol. The quantitative estimate of drug-likeness (QED) is 0.687. The SMILES string of the molecule is CNc1nc(Cc2nc3ccccc3[nH]2)nc(C)c1I. The van der Waals surface area contributed by atoms with Crippen LogP contribution in [0.4, 0.5) is 5.82 Å². The van der Waals surface area contributed by atoms with Crippen molar-refractivity contribution in [1.82, 2.24) is 19.9 Å². The monoisotopic (exact) mass is 379 g/mol. The highest BCUT2D eigenvalue weighted by Gasteiger charge is 2.10. The van der Waals surface area contributed by atoms with Gasteiger partial charge in [-0.3, -0.25) is 0 Å². The number of para-hydroxylation sites is 2. The number of imidazole rings is 1. The summed E-state index contributed by atoms with van der Waals surface area (Å²) in [7, 11) is 1.87. The van der Waals surface area contributed by atoms with Crippen molar-refractivity contribution >= 4 is 39.4 Å². The number of aromatic nitrogens is 4. The largest absolute Gasteiger partial charge is 0.372 e. The van der Waals surface area contributed by atoms with Crippen molar-refractivity contribution in [3.05, 3.63) is 45.2 Å². The van der Waals surface area contributed by atoms with Gasteiger partial charge in [-0.25, -0.2) is 15.0 Å². The summed E-state index contributed by atoms with van der Waals surface area (Å²) in [6, 6.07) is 7.99. The van der Waals surface area contributed by atoms with E-state index in [0.29, 0.717) is 6.42 Å². The molecule has 0 bridgehead atoms. The number of hydrogen-bond acceptors (Lipinski definition) is 4. The number of aromatic amines is 1. The van der Waals surface area contributed by atoms with Crippen molar-refractivity contribution in [2.75, 3.05) is 12.4 Å². The second-order valence-electron chi connectivity index (χ2n) is 4.52. The number of benzene rings is 1. The average Bonchev–Trinajstić information content (AvgIpc) is 2.84. The summed E-state index contributed by atoms with van der Waals surface area (Å²) >= 11 is 2.25. The zero-order valence-corrected chi connectivity index (χ0v) is 13.4. The van der Waals surface area contributed by atoms with Gasteiger partial charge in [0.1, 0.15) is 17.5 Å². The van der Waals surface area contributed by atoms with E-state index in [1.807, 2.05) is 38.2 Å². The predicted molar refractivity (Wildman–Crippen MR) is 87.9 cm³/mol. The van der Waals surface area contributed by atoms with Gasteiger partial charge in [-0.2, -0.15) is 0 Å². The smallest absolute Gasteiger partial charge is 0.143 e. The second-order valence-corrected chi connectivity index (χ2v) is 5.59. The van der Waals surface area contributed by atoms with Crippen LogP contribution in [0.2, 0.25) is 0 Å². The van der Waals surface area contributed by atoms with Gasteiger partial charge in [-0.05, 0) is 41.6 Å². The van der Waals surface area contributed by atoms with E-state index in [-0.39, 0.29) is 0 Å². The van der Waals surface area contributed by atoms with Crippen molar-refractivity contribution in [2.24, 2.45) is 0 Å². The number of rotatable bonds is 3. The molecule has 3 rings (SSSR count). The van der Waals surface area contributed by atoms with Crippen molar-refractivity contribution in [1.29, 1.82) is 0 Å². The molecule has 0 aliphatic heterocycles. The Morgan fingerprint density at radius 1 is 1.20 bits per heavy atom. The van der Waals surface area contributed by atoms with E-state index < -0.39 is 0 Å². The molecule has 0 spiro atoms. The molecule has 0 unspecified atom stereocenters. The van der Waals surface area contributed by atoms with Gasteiger partial charge in [0, 0.05) is 7.05 Å². The summed E-state index contributed by atoms with van der Waals surface area (Å²) in [6.45, 7) is 1.99. The Balaban J connectivity index is 1.96. The summed E-state index contributed by atoms with van der Waals surface area (Å²) in [5.74, 6) is 2.52. The third-order valence-electron chi connectivity index (χ3n) is 3.06. The van der Waals surface area contributed by atoms with Crippen molar-refractivity contribution in [3.8, 4) is 0 Å². The Morgan fingerprint density at radius 3 is 2.75 bits per heavy atom. The standard InChI is InChI=1S/C14H14IN5/c1-8-13(15)14(16-2)20-11(17-8)7-12-18-9-5-3-4-6-10(9)19-12/h3-6H,7H2,1-2H3,(H,18,19)(H,16,17,20). The maximum Gasteiger partial charge on any atom is 0.143 e. The van der Waals surface area contributed by atoms with Gasteiger partial charge >= 0.3 is 0 Å². The first-order valence-electron chi connectivity index (χ1n) is 6.32. The van der Waals surface area contributed by atoms with E-state index in [0.717, 1.165) is 37.8 Å². The van der Waals surface area contributed by atoms with Gasteiger partial charge in [0.25, 0.3) is 0 Å². The summed E-state index contributed by atoms with van der Waals surface area (Å²) in [5, 5.41) is 3.10. The molecule has 0 radical (unpaired) electrons. The van der Waals surface area contributed by atoms with Crippen LogP contribution in [-0.2, 0) is 6.42 Å². The normalized spacial score (nSPS) is 10.9. The van der Waals surface area contributed by atoms with Crippen molar-refractivity contribution in [2.45, 2.75) is 13.3 Å². The van der Waals surface area contributed by atoms with Gasteiger partial charge in [-0.15, -0.1) is 0 Å². The van der Waals surface area contributed by atoms with E-state index in [9.17, 15) is 0 Å². The van der Waals surface area contributed by atoms with Gasteiger partial charge < -0.3 is 10.3 Å². The third-order valence-corrected chi connectivity index (χ3v) is 4.36. The van der Waals surface area contributed by atoms with E-state index in [4.69, 9.17) is 0 Å². The fraction of sp³-hybridized carbons (Fsp3) is 0.214. The first-order valence-corrected chi connectivity index (χ1v) is 7.39. The third kappa shape index (κ3) is 2.47. The van der Waals surface area contributed by atoms with E-state index in [1.54, 1.807) is 0 Å². The maximum atomic E-state index is 4.56. The minimum Gasteiger partial charge on any atom is -0.372 e. The number of anilines is 1. The van der Waals surface area contributed by atoms with Crippen LogP contribution in [0, 0.1) is 10.5 Å². The molecular formula is C14H14IN5. The van der Waals surface area contributed by atoms with Crippen LogP contribution in [0.3, 0.4) is 0 Å². The lowest BCUT2D eigenvalue weighted by atomic mass is 10.3. The lowest BCUT2D eigenvalue weighted by Crippen LogP contribution is -2.06. The number of hydrogen-bond donors (Lipinski definition) is 2. The minimum atomic E-state index is 0.598. The Kier molecular flexibility index (Phi) is 3.56. The molecule has 0 fully saturated rings. The summed E-state index contributed by atoms with van der Waals surface area (Å²) in [6.07, 6.45) is 0.598. The van der Waals surface area contributed by atoms with Crippen LogP contribution in [0.5, 0.6) is 0 Å². The number of halogens is 1. The molecule has 2 heterocycles. The van der Waals surface area contributed by atoms with Crippen LogP contribution in [0.25, 0.3) is 11.0 Å². The molecule has 102 valence electrons. The topological polar surface area (TPSA) is 66.5 Å². The molecule has 0 atom stereocenters. The van der Waals surface area contributed by atoms with E-state index in [2.05, 4.69) is 47.8 Å². The highest BCUT2D eigenvalue weighted by Crippen LogP contribution is 2.19. The fourth-order valence-corrected chi connectivity index (χ4v) is 2.61. The summed E-state index contributed by atoms with van der Waals surface area (Å²) in [5.41, 5.74) is 2.99. The van der Waals surface area contributed by atoms with Gasteiger partial charge in [0.15, 0.2) is 0 Å². The van der Waals surface area contributed by atoms with Crippen LogP contribution in [0.1, 0.15) is 17.3 Å². The Hall–Kier alpha value is -1.70. The molecule has 0 saturated heterocycles. The van der Waals surface area contributed by atoms with Gasteiger partial charge in [-0.1, -0.05) is 12.1 Å². The van der Waals surface area contributed by atoms with Crippen LogP contribution in [0.15, 0.2) is 24.3 Å². The first-order chi connectivity index (χ1) is 9.67. The fourth-order valence-electron chi connectivity index (χ4n) is 2.10. The van der Waals surface area contributed by atoms with Crippen LogP contribution >= 0.6 is 22.6 Å². The number of aryl methyl sites for hydroxylation is 1. The molecule has 1 aromatic carbocycles. The lowest BCUT2D eigenvalue weighted by Gasteiger charge is -2.07. The average molecular weight is 379 g/mol. The summed E-state index contributed by atoms with van der Waals surface area (Å²) < 4.78 is 1.05. The van der Waals surface area contributed by atoms with Crippen molar-refractivity contribution in [3.63, 3.8) is 0 Å². The second kappa shape index (κ2) is 5.35. The first kappa shape index (κ1) is 13.3. The molecule has 5 nitrogen and oxygen atoms in total. The van der Waals surface area contributed by atoms with E-state index >= 15 is 0 Å². The highest BCUT2D eigenvalue weighted by atomic mass is 127. The van der Waals surface area contributed by atoms with Crippen molar-refractivity contribution < 1.29 is 0 Å². The van der Waals surface area contributed by atoms with Gasteiger partial charge in [0.2, 0.25) is 0 Å². The molecule has 2 aromatic heterocycles. The zero-order chi connectivity index (χ0) is 14.1. The number of nitrogens with one attached hydrogen (secondary N) is 2. The number of H-pyrrole nitrogens is 1. The Bertz CT molecular complexity index is 732. The number of nitrogens with zero attached hydrogens (tertiary/aromatic N) is 3. The Morgan fingerprint density at radius 2 is 2.00 bits per heavy atom. The lowest BCUT2D eigenvalue weighted by molar-refractivity contribution is 0.897. The van der Waals surface area contributed by atoms with E-state index in [1.165, 1.54) is 0 Å². The predicted octanol–water partition coefficient (Wildman–Crippen LogP) is 2.90. The molecule has 0 aliphatic carbocycles. The number of fused-ring (bicyclic) bond motifs is 1. The van der Waals surface area contributed by atoms with Crippen LogP contribution in [-0.4, -0.2) is 27.0 Å². The highest BCUT2D eigenvalue weighted by molar-refractivity contribution is 14.1. The van der Waals surface area contributed by atoms with Crippen LogP contribution < -0.4 is 5.32 Å². The molecule has 0 amide bonds. The molecule has 20 heavy (non-hydrogen) atoms. The molecule has 2 N–H and O–H groups in total. The maximum absolute atomic E-state index is 4.56. The zero-order valence-electron chi connectivity index (χ0n) is 11.2. The molecule has 0 saturated carbocycles. The molecule has 6 heteroatoms. The summed E-state index contributed by atoms with van der Waals surface area (Å²) in [4.78, 5) is 16.9. The van der Waals surface area contributed by atoms with Gasteiger partial charge in [0.05, 0.1) is 26.7 Å². The molecule has 3 aromatic rings.